The second-order valence-corrected chi connectivity index (χ2v) is 2.99. The number of hydrogen-bond acceptors (Lipinski definition) is 2. The Balaban J connectivity index is 0. The summed E-state index contributed by atoms with van der Waals surface area (Å²) < 4.78 is 0. The van der Waals surface area contributed by atoms with Crippen LogP contribution < -0.4 is 5.73 Å². The van der Waals surface area contributed by atoms with Crippen LogP contribution in [-0.2, 0) is 4.79 Å². The lowest BCUT2D eigenvalue weighted by atomic mass is 9.98. The summed E-state index contributed by atoms with van der Waals surface area (Å²) in [5.74, 6) is 0.469. The van der Waals surface area contributed by atoms with Crippen LogP contribution in [0.3, 0.4) is 0 Å². The van der Waals surface area contributed by atoms with E-state index in [0.29, 0.717) is 6.42 Å². The highest BCUT2D eigenvalue weighted by Gasteiger charge is 2.15. The Hall–Kier alpha value is -0.0800. The van der Waals surface area contributed by atoms with Gasteiger partial charge in [0.2, 0.25) is 0 Å². The average Bonchev–Trinajstić information content (AvgIpc) is 1.87. The third kappa shape index (κ3) is 5.22. The molecule has 0 saturated heterocycles. The molecule has 0 rings (SSSR count). The largest absolute Gasteiger partial charge is 0.321 e. The lowest BCUT2D eigenvalue weighted by molar-refractivity contribution is -0.121. The first-order chi connectivity index (χ1) is 4.59. The molecule has 3 heteroatoms. The summed E-state index contributed by atoms with van der Waals surface area (Å²) in [5.41, 5.74) is 5.60. The van der Waals surface area contributed by atoms with Crippen molar-refractivity contribution in [3.8, 4) is 0 Å². The van der Waals surface area contributed by atoms with Crippen LogP contribution >= 0.6 is 12.4 Å². The zero-order chi connectivity index (χ0) is 8.15. The predicted molar refractivity (Wildman–Crippen MR) is 50.0 cm³/mol. The molecule has 0 fully saturated rings. The molecule has 68 valence electrons. The fourth-order valence-corrected chi connectivity index (χ4v) is 0.785. The van der Waals surface area contributed by atoms with E-state index in [1.165, 1.54) is 0 Å². The van der Waals surface area contributed by atoms with Gasteiger partial charge in [0.05, 0.1) is 6.04 Å². The monoisotopic (exact) mass is 179 g/mol. The predicted octanol–water partition coefficient (Wildman–Crippen LogP) is 1.76. The lowest BCUT2D eigenvalue weighted by Gasteiger charge is -2.12. The highest BCUT2D eigenvalue weighted by atomic mass is 35.5. The van der Waals surface area contributed by atoms with Gasteiger partial charge in [-0.2, -0.15) is 0 Å². The summed E-state index contributed by atoms with van der Waals surface area (Å²) >= 11 is 0. The summed E-state index contributed by atoms with van der Waals surface area (Å²) in [4.78, 5) is 11.1. The van der Waals surface area contributed by atoms with Crippen LogP contribution in [0.25, 0.3) is 0 Å². The molecule has 0 aromatic carbocycles. The van der Waals surface area contributed by atoms with Crippen molar-refractivity contribution in [1.82, 2.24) is 0 Å². The van der Waals surface area contributed by atoms with E-state index < -0.39 is 0 Å². The van der Waals surface area contributed by atoms with Crippen molar-refractivity contribution in [1.29, 1.82) is 0 Å². The van der Waals surface area contributed by atoms with Crippen LogP contribution in [0, 0.1) is 5.92 Å². The third-order valence-electron chi connectivity index (χ3n) is 1.59. The van der Waals surface area contributed by atoms with Gasteiger partial charge in [-0.15, -0.1) is 12.4 Å². The summed E-state index contributed by atoms with van der Waals surface area (Å²) in [6.45, 7) is 5.93. The van der Waals surface area contributed by atoms with Gasteiger partial charge in [0.25, 0.3) is 0 Å². The molecule has 1 unspecified atom stereocenters. The average molecular weight is 180 g/mol. The molecule has 0 aromatic rings. The minimum atomic E-state index is -0.250. The number of rotatable bonds is 4. The van der Waals surface area contributed by atoms with Gasteiger partial charge >= 0.3 is 0 Å². The van der Waals surface area contributed by atoms with E-state index in [2.05, 4.69) is 0 Å². The molecule has 0 aliphatic carbocycles. The molecule has 11 heavy (non-hydrogen) atoms. The Morgan fingerprint density at radius 1 is 1.45 bits per heavy atom. The standard InChI is InChI=1S/C8H17NO.ClH/c1-4-5-7(10)8(9)6(2)3;/h6,8H,4-5,9H2,1-3H3;1H. The minimum Gasteiger partial charge on any atom is -0.321 e. The molecule has 1 atom stereocenters. The van der Waals surface area contributed by atoms with E-state index in [9.17, 15) is 4.79 Å². The van der Waals surface area contributed by atoms with E-state index in [4.69, 9.17) is 5.73 Å². The van der Waals surface area contributed by atoms with Gasteiger partial charge in [0.1, 0.15) is 5.78 Å². The van der Waals surface area contributed by atoms with E-state index in [1.807, 2.05) is 20.8 Å². The van der Waals surface area contributed by atoms with Crippen LogP contribution in [0.2, 0.25) is 0 Å². The van der Waals surface area contributed by atoms with E-state index in [1.54, 1.807) is 0 Å². The highest BCUT2D eigenvalue weighted by molar-refractivity contribution is 5.85. The Labute approximate surface area is 74.9 Å². The van der Waals surface area contributed by atoms with Crippen LogP contribution in [0.5, 0.6) is 0 Å². The van der Waals surface area contributed by atoms with Crippen LogP contribution in [-0.4, -0.2) is 11.8 Å². The van der Waals surface area contributed by atoms with E-state index in [0.717, 1.165) is 6.42 Å². The zero-order valence-electron chi connectivity index (χ0n) is 7.46. The van der Waals surface area contributed by atoms with Gasteiger partial charge in [-0.25, -0.2) is 0 Å². The maximum absolute atomic E-state index is 11.1. The van der Waals surface area contributed by atoms with E-state index in [-0.39, 0.29) is 30.2 Å². The molecule has 0 aromatic heterocycles. The van der Waals surface area contributed by atoms with Crippen LogP contribution in [0.4, 0.5) is 0 Å². The Bertz CT molecular complexity index is 115. The van der Waals surface area contributed by atoms with Crippen molar-refractivity contribution in [2.45, 2.75) is 39.7 Å². The van der Waals surface area contributed by atoms with Crippen molar-refractivity contribution in [2.75, 3.05) is 0 Å². The lowest BCUT2D eigenvalue weighted by Crippen LogP contribution is -2.35. The van der Waals surface area contributed by atoms with Crippen LogP contribution in [0.15, 0.2) is 0 Å². The van der Waals surface area contributed by atoms with Gasteiger partial charge in [-0.1, -0.05) is 20.8 Å². The fraction of sp³-hybridized carbons (Fsp3) is 0.875. The Morgan fingerprint density at radius 3 is 2.18 bits per heavy atom. The number of halogens is 1. The van der Waals surface area contributed by atoms with Crippen LogP contribution in [0.1, 0.15) is 33.6 Å². The van der Waals surface area contributed by atoms with Crippen molar-refractivity contribution >= 4 is 18.2 Å². The molecular formula is C8H18ClNO. The van der Waals surface area contributed by atoms with Gasteiger partial charge in [-0.05, 0) is 12.3 Å². The molecule has 0 aliphatic rings. The minimum absolute atomic E-state index is 0. The molecule has 0 bridgehead atoms. The van der Waals surface area contributed by atoms with Gasteiger partial charge in [-0.3, -0.25) is 4.79 Å². The first kappa shape index (κ1) is 13.5. The smallest absolute Gasteiger partial charge is 0.149 e. The molecule has 0 spiro atoms. The van der Waals surface area contributed by atoms with E-state index >= 15 is 0 Å². The molecular weight excluding hydrogens is 162 g/mol. The zero-order valence-corrected chi connectivity index (χ0v) is 8.28. The summed E-state index contributed by atoms with van der Waals surface area (Å²) in [5, 5.41) is 0. The first-order valence-electron chi connectivity index (χ1n) is 3.87. The molecule has 0 heterocycles. The van der Waals surface area contributed by atoms with Gasteiger partial charge in [0.15, 0.2) is 0 Å². The number of nitrogens with two attached hydrogens (primary N) is 1. The van der Waals surface area contributed by atoms with Crippen molar-refractivity contribution < 1.29 is 4.79 Å². The molecule has 2 N–H and O–H groups in total. The Morgan fingerprint density at radius 2 is 1.91 bits per heavy atom. The number of carbonyl (C=O) groups excluding carboxylic acids is 1. The van der Waals surface area contributed by atoms with Gasteiger partial charge < -0.3 is 5.73 Å². The number of Topliss-reactive ketones (excluding diaryl/α,β-unsaturated/α-hetero) is 1. The fourth-order valence-electron chi connectivity index (χ4n) is 0.785. The molecule has 0 radical (unpaired) electrons. The Kier molecular flexibility index (Phi) is 8.13. The van der Waals surface area contributed by atoms with Gasteiger partial charge in [0, 0.05) is 6.42 Å². The normalized spacial score (nSPS) is 12.5. The molecule has 0 saturated carbocycles. The first-order valence-corrected chi connectivity index (χ1v) is 3.87. The molecule has 0 aliphatic heterocycles. The van der Waals surface area contributed by atoms with Crippen molar-refractivity contribution in [2.24, 2.45) is 11.7 Å². The third-order valence-corrected chi connectivity index (χ3v) is 1.59. The number of ketones is 1. The van der Waals surface area contributed by atoms with Crippen molar-refractivity contribution in [3.05, 3.63) is 0 Å². The second kappa shape index (κ2) is 6.62. The summed E-state index contributed by atoms with van der Waals surface area (Å²) in [6, 6.07) is -0.250. The highest BCUT2D eigenvalue weighted by Crippen LogP contribution is 2.02. The summed E-state index contributed by atoms with van der Waals surface area (Å²) in [7, 11) is 0. The molecule has 2 nitrogen and oxygen atoms in total. The number of carbonyl (C=O) groups is 1. The quantitative estimate of drug-likeness (QED) is 0.715. The SMILES string of the molecule is CCCC(=O)C(N)C(C)C.Cl. The maximum atomic E-state index is 11.1. The topological polar surface area (TPSA) is 43.1 Å². The maximum Gasteiger partial charge on any atom is 0.149 e. The van der Waals surface area contributed by atoms with Crippen molar-refractivity contribution in [3.63, 3.8) is 0 Å². The molecule has 0 amide bonds. The number of hydrogen-bond donors (Lipinski definition) is 1. The summed E-state index contributed by atoms with van der Waals surface area (Å²) in [6.07, 6.45) is 1.53. The second-order valence-electron chi connectivity index (χ2n) is 2.99.